The van der Waals surface area contributed by atoms with Crippen LogP contribution < -0.4 is 9.75 Å². The van der Waals surface area contributed by atoms with Crippen LogP contribution in [0.15, 0.2) is 81.2 Å². The van der Waals surface area contributed by atoms with Crippen LogP contribution >= 0.6 is 27.3 Å². The Morgan fingerprint density at radius 3 is 2.27 bits per heavy atom. The molecule has 3 aromatic carbocycles. The van der Waals surface area contributed by atoms with Gasteiger partial charge >= 0.3 is 0 Å². The number of methoxy groups -OCH3 is 1. The van der Waals surface area contributed by atoms with E-state index in [4.69, 9.17) is 4.74 Å². The number of hydrazone groups is 1. The standard InChI is InChI=1S/C30H33BrN4O4S2/c1-4-6-18-34(19-7-5-2)41(37,38)26-15-10-23(11-16-26)29(36)35(32-21-22-8-12-24(31)13-9-22)30-33-27-17-14-25(39-3)20-28(27)40-30/h8-17,20-21H,4-7,18-19H2,1-3H3/b32-21+. The van der Waals surface area contributed by atoms with Crippen molar-refractivity contribution in [2.45, 2.75) is 44.4 Å². The monoisotopic (exact) mass is 656 g/mol. The number of carbonyl (C=O) groups excluding carboxylic acids is 1. The van der Waals surface area contributed by atoms with Crippen molar-refractivity contribution in [3.8, 4) is 5.75 Å². The number of unbranched alkanes of at least 4 members (excludes halogenated alkanes) is 2. The maximum Gasteiger partial charge on any atom is 0.280 e. The number of sulfonamides is 1. The average molecular weight is 658 g/mol. The molecule has 11 heteroatoms. The van der Waals surface area contributed by atoms with Gasteiger partial charge in [0, 0.05) is 23.1 Å². The van der Waals surface area contributed by atoms with Gasteiger partial charge in [-0.2, -0.15) is 14.4 Å². The molecule has 0 atom stereocenters. The molecule has 0 fully saturated rings. The Kier molecular flexibility index (Phi) is 10.7. The zero-order chi connectivity index (χ0) is 29.4. The Labute approximate surface area is 253 Å². The lowest BCUT2D eigenvalue weighted by Crippen LogP contribution is -2.33. The molecule has 0 aliphatic carbocycles. The maximum atomic E-state index is 13.8. The number of anilines is 1. The molecule has 0 aliphatic heterocycles. The molecule has 0 bridgehead atoms. The van der Waals surface area contributed by atoms with E-state index >= 15 is 0 Å². The summed E-state index contributed by atoms with van der Waals surface area (Å²) >= 11 is 4.74. The molecule has 41 heavy (non-hydrogen) atoms. The number of hydrogen-bond donors (Lipinski definition) is 0. The summed E-state index contributed by atoms with van der Waals surface area (Å²) in [4.78, 5) is 18.6. The lowest BCUT2D eigenvalue weighted by atomic mass is 10.2. The normalized spacial score (nSPS) is 11.9. The number of carbonyl (C=O) groups is 1. The van der Waals surface area contributed by atoms with Gasteiger partial charge in [0.15, 0.2) is 0 Å². The fraction of sp³-hybridized carbons (Fsp3) is 0.300. The van der Waals surface area contributed by atoms with Crippen LogP contribution in [0.1, 0.15) is 55.5 Å². The Hall–Kier alpha value is -3.12. The third kappa shape index (κ3) is 7.59. The third-order valence-corrected chi connectivity index (χ3v) is 9.85. The van der Waals surface area contributed by atoms with Gasteiger partial charge < -0.3 is 4.74 Å². The van der Waals surface area contributed by atoms with Gasteiger partial charge in [0.1, 0.15) is 5.75 Å². The lowest BCUT2D eigenvalue weighted by Gasteiger charge is -2.22. The Morgan fingerprint density at radius 2 is 1.66 bits per heavy atom. The maximum absolute atomic E-state index is 13.8. The van der Waals surface area contributed by atoms with Crippen LogP contribution in [-0.2, 0) is 10.0 Å². The smallest absolute Gasteiger partial charge is 0.280 e. The van der Waals surface area contributed by atoms with Crippen molar-refractivity contribution in [3.63, 3.8) is 0 Å². The highest BCUT2D eigenvalue weighted by atomic mass is 79.9. The van der Waals surface area contributed by atoms with E-state index in [0.29, 0.717) is 35.1 Å². The van der Waals surface area contributed by atoms with Crippen molar-refractivity contribution in [2.24, 2.45) is 5.10 Å². The molecule has 1 amide bonds. The zero-order valence-corrected chi connectivity index (χ0v) is 26.5. The molecule has 8 nitrogen and oxygen atoms in total. The largest absolute Gasteiger partial charge is 0.497 e. The molecule has 216 valence electrons. The van der Waals surface area contributed by atoms with Crippen LogP contribution in [0.2, 0.25) is 0 Å². The minimum Gasteiger partial charge on any atom is -0.497 e. The third-order valence-electron chi connectivity index (χ3n) is 6.41. The van der Waals surface area contributed by atoms with Crippen LogP contribution in [0.25, 0.3) is 10.2 Å². The van der Waals surface area contributed by atoms with Gasteiger partial charge in [0.2, 0.25) is 15.2 Å². The highest BCUT2D eigenvalue weighted by Crippen LogP contribution is 2.32. The van der Waals surface area contributed by atoms with E-state index in [0.717, 1.165) is 40.4 Å². The molecule has 1 heterocycles. The summed E-state index contributed by atoms with van der Waals surface area (Å²) in [5, 5.41) is 6.14. The minimum atomic E-state index is -3.68. The van der Waals surface area contributed by atoms with Crippen LogP contribution in [0.3, 0.4) is 0 Å². The number of thiazole rings is 1. The zero-order valence-electron chi connectivity index (χ0n) is 23.3. The van der Waals surface area contributed by atoms with E-state index in [-0.39, 0.29) is 4.90 Å². The second-order valence-electron chi connectivity index (χ2n) is 9.38. The van der Waals surface area contributed by atoms with Gasteiger partial charge in [0.25, 0.3) is 5.91 Å². The van der Waals surface area contributed by atoms with Gasteiger partial charge in [-0.15, -0.1) is 0 Å². The average Bonchev–Trinajstić information content (AvgIpc) is 3.41. The molecule has 0 unspecified atom stereocenters. The number of benzene rings is 3. The highest BCUT2D eigenvalue weighted by molar-refractivity contribution is 9.10. The summed E-state index contributed by atoms with van der Waals surface area (Å²) in [6, 6.07) is 19.1. The predicted octanol–water partition coefficient (Wildman–Crippen LogP) is 7.34. The Balaban J connectivity index is 1.67. The molecule has 4 rings (SSSR count). The number of halogens is 1. The van der Waals surface area contributed by atoms with Gasteiger partial charge in [-0.3, -0.25) is 4.79 Å². The molecule has 0 aliphatic rings. The van der Waals surface area contributed by atoms with Gasteiger partial charge in [-0.25, -0.2) is 13.4 Å². The SMILES string of the molecule is CCCCN(CCCC)S(=O)(=O)c1ccc(C(=O)N(/N=C/c2ccc(Br)cc2)c2nc3ccc(OC)cc3s2)cc1. The van der Waals surface area contributed by atoms with E-state index in [9.17, 15) is 13.2 Å². The summed E-state index contributed by atoms with van der Waals surface area (Å²) in [5.74, 6) is 0.259. The van der Waals surface area contributed by atoms with Gasteiger partial charge in [0.05, 0.1) is 28.4 Å². The number of fused-ring (bicyclic) bond motifs is 1. The predicted molar refractivity (Wildman–Crippen MR) is 170 cm³/mol. The molecule has 0 saturated heterocycles. The molecular weight excluding hydrogens is 624 g/mol. The fourth-order valence-electron chi connectivity index (χ4n) is 4.03. The molecule has 0 spiro atoms. The first-order valence-electron chi connectivity index (χ1n) is 13.5. The van der Waals surface area contributed by atoms with Crippen LogP contribution in [-0.4, -0.2) is 50.0 Å². The first-order valence-corrected chi connectivity index (χ1v) is 16.5. The fourth-order valence-corrected chi connectivity index (χ4v) is 6.77. The van der Waals surface area contributed by atoms with E-state index in [1.807, 2.05) is 56.3 Å². The van der Waals surface area contributed by atoms with Crippen molar-refractivity contribution in [3.05, 3.63) is 82.3 Å². The second kappa shape index (κ2) is 14.2. The van der Waals surface area contributed by atoms with Crippen molar-refractivity contribution in [2.75, 3.05) is 25.2 Å². The van der Waals surface area contributed by atoms with Gasteiger partial charge in [-0.05, 0) is 73.0 Å². The lowest BCUT2D eigenvalue weighted by molar-refractivity contribution is 0.0987. The minimum absolute atomic E-state index is 0.165. The van der Waals surface area contributed by atoms with Crippen molar-refractivity contribution in [1.29, 1.82) is 0 Å². The molecule has 0 radical (unpaired) electrons. The van der Waals surface area contributed by atoms with Crippen molar-refractivity contribution < 1.29 is 17.9 Å². The second-order valence-corrected chi connectivity index (χ2v) is 13.2. The highest BCUT2D eigenvalue weighted by Gasteiger charge is 2.26. The Morgan fingerprint density at radius 1 is 1.00 bits per heavy atom. The van der Waals surface area contributed by atoms with Crippen LogP contribution in [0, 0.1) is 0 Å². The van der Waals surface area contributed by atoms with Crippen molar-refractivity contribution in [1.82, 2.24) is 9.29 Å². The van der Waals surface area contributed by atoms with Gasteiger partial charge in [-0.1, -0.05) is 66.1 Å². The van der Waals surface area contributed by atoms with E-state index < -0.39 is 15.9 Å². The first-order chi connectivity index (χ1) is 19.8. The van der Waals surface area contributed by atoms with E-state index in [2.05, 4.69) is 26.0 Å². The number of amides is 1. The summed E-state index contributed by atoms with van der Waals surface area (Å²) in [5.41, 5.74) is 1.81. The van der Waals surface area contributed by atoms with Crippen molar-refractivity contribution >= 4 is 64.8 Å². The summed E-state index contributed by atoms with van der Waals surface area (Å²) in [6.07, 6.45) is 4.98. The molecule has 4 aromatic rings. The molecule has 0 saturated carbocycles. The molecular formula is C30H33BrN4O4S2. The summed E-state index contributed by atoms with van der Waals surface area (Å²) in [7, 11) is -2.09. The van der Waals surface area contributed by atoms with E-state index in [1.54, 1.807) is 17.6 Å². The summed E-state index contributed by atoms with van der Waals surface area (Å²) < 4.78 is 35.5. The number of hydrogen-bond acceptors (Lipinski definition) is 7. The molecule has 1 aromatic heterocycles. The number of ether oxygens (including phenoxy) is 1. The van der Waals surface area contributed by atoms with Crippen LogP contribution in [0.4, 0.5) is 5.13 Å². The van der Waals surface area contributed by atoms with Crippen LogP contribution in [0.5, 0.6) is 5.75 Å². The first kappa shape index (κ1) is 30.8. The number of nitrogens with zero attached hydrogens (tertiary/aromatic N) is 4. The Bertz CT molecular complexity index is 1600. The molecule has 0 N–H and O–H groups in total. The summed E-state index contributed by atoms with van der Waals surface area (Å²) in [6.45, 7) is 5.02. The number of aromatic nitrogens is 1. The van der Waals surface area contributed by atoms with E-state index in [1.165, 1.54) is 40.6 Å². The quantitative estimate of drug-likeness (QED) is 0.111. The number of rotatable bonds is 13. The topological polar surface area (TPSA) is 92.2 Å².